The van der Waals surface area contributed by atoms with Gasteiger partial charge in [0.15, 0.2) is 0 Å². The maximum atomic E-state index is 12.9. The second kappa shape index (κ2) is 8.65. The van der Waals surface area contributed by atoms with Crippen molar-refractivity contribution in [1.82, 2.24) is 10.2 Å². The number of carbonyl (C=O) groups is 3. The van der Waals surface area contributed by atoms with Gasteiger partial charge < -0.3 is 15.1 Å². The molecule has 0 radical (unpaired) electrons. The number of nitrogens with one attached hydrogen (secondary N) is 1. The molecule has 2 aromatic rings. The van der Waals surface area contributed by atoms with E-state index in [2.05, 4.69) is 5.32 Å². The minimum atomic E-state index is -0.358. The van der Waals surface area contributed by atoms with Gasteiger partial charge in [-0.05, 0) is 48.4 Å². The molecule has 1 aliphatic rings. The maximum Gasteiger partial charge on any atom is 0.251 e. The van der Waals surface area contributed by atoms with E-state index in [0.717, 1.165) is 17.7 Å². The molecular weight excluding hydrogens is 361 g/mol. The maximum absolute atomic E-state index is 12.9. The molecular formula is C21H22FN3O3. The van der Waals surface area contributed by atoms with E-state index in [9.17, 15) is 18.8 Å². The van der Waals surface area contributed by atoms with Crippen LogP contribution in [-0.4, -0.2) is 42.8 Å². The number of likely N-dealkylation sites (N-methyl/N-ethyl adjacent to an activating group) is 1. The van der Waals surface area contributed by atoms with Gasteiger partial charge in [0.05, 0.1) is 6.54 Å². The molecule has 1 saturated heterocycles. The third-order valence-electron chi connectivity index (χ3n) is 4.67. The molecule has 0 bridgehead atoms. The number of hydrogen-bond acceptors (Lipinski definition) is 3. The van der Waals surface area contributed by atoms with Gasteiger partial charge in [0.25, 0.3) is 5.91 Å². The summed E-state index contributed by atoms with van der Waals surface area (Å²) in [6.07, 6.45) is 1.39. The van der Waals surface area contributed by atoms with Crippen LogP contribution in [-0.2, 0) is 16.1 Å². The van der Waals surface area contributed by atoms with E-state index < -0.39 is 0 Å². The van der Waals surface area contributed by atoms with Crippen molar-refractivity contribution in [2.24, 2.45) is 0 Å². The first kappa shape index (κ1) is 19.5. The van der Waals surface area contributed by atoms with Crippen LogP contribution < -0.4 is 10.2 Å². The number of benzene rings is 2. The van der Waals surface area contributed by atoms with Gasteiger partial charge >= 0.3 is 0 Å². The van der Waals surface area contributed by atoms with Gasteiger partial charge in [0, 0.05) is 37.8 Å². The van der Waals surface area contributed by atoms with E-state index in [4.69, 9.17) is 0 Å². The number of anilines is 1. The average molecular weight is 383 g/mol. The summed E-state index contributed by atoms with van der Waals surface area (Å²) in [7, 11) is 1.62. The van der Waals surface area contributed by atoms with Crippen molar-refractivity contribution < 1.29 is 18.8 Å². The van der Waals surface area contributed by atoms with Crippen LogP contribution in [0.25, 0.3) is 0 Å². The zero-order chi connectivity index (χ0) is 20.1. The summed E-state index contributed by atoms with van der Waals surface area (Å²) in [5, 5.41) is 2.60. The van der Waals surface area contributed by atoms with Gasteiger partial charge in [-0.2, -0.15) is 0 Å². The minimum absolute atomic E-state index is 0.0898. The van der Waals surface area contributed by atoms with Gasteiger partial charge in [-0.15, -0.1) is 0 Å². The Hall–Kier alpha value is -3.22. The SMILES string of the molecule is CN(Cc1ccc(F)cc1)C(=O)CNC(=O)c1ccc(N2CCCC2=O)cc1. The Bertz CT molecular complexity index is 865. The largest absolute Gasteiger partial charge is 0.343 e. The fourth-order valence-corrected chi connectivity index (χ4v) is 3.06. The van der Waals surface area contributed by atoms with Gasteiger partial charge in [0.2, 0.25) is 11.8 Å². The molecule has 7 heteroatoms. The molecule has 6 nitrogen and oxygen atoms in total. The Morgan fingerprint density at radius 2 is 1.79 bits per heavy atom. The molecule has 3 amide bonds. The molecule has 1 N–H and O–H groups in total. The summed E-state index contributed by atoms with van der Waals surface area (Å²) in [5.74, 6) is -0.850. The predicted octanol–water partition coefficient (Wildman–Crippen LogP) is 2.34. The predicted molar refractivity (Wildman–Crippen MR) is 103 cm³/mol. The quantitative estimate of drug-likeness (QED) is 0.833. The molecule has 0 saturated carbocycles. The lowest BCUT2D eigenvalue weighted by atomic mass is 10.2. The van der Waals surface area contributed by atoms with Crippen molar-refractivity contribution in [2.45, 2.75) is 19.4 Å². The molecule has 0 spiro atoms. The van der Waals surface area contributed by atoms with Crippen molar-refractivity contribution in [3.05, 3.63) is 65.5 Å². The van der Waals surface area contributed by atoms with Crippen LogP contribution in [0.1, 0.15) is 28.8 Å². The zero-order valence-corrected chi connectivity index (χ0v) is 15.7. The first-order valence-corrected chi connectivity index (χ1v) is 9.11. The lowest BCUT2D eigenvalue weighted by Crippen LogP contribution is -2.37. The number of amides is 3. The molecule has 0 aliphatic carbocycles. The van der Waals surface area contributed by atoms with Crippen molar-refractivity contribution in [2.75, 3.05) is 25.0 Å². The number of carbonyl (C=O) groups excluding carboxylic acids is 3. The summed E-state index contributed by atoms with van der Waals surface area (Å²) in [5.41, 5.74) is 1.99. The summed E-state index contributed by atoms with van der Waals surface area (Å²) in [6.45, 7) is 0.885. The Labute approximate surface area is 162 Å². The third-order valence-corrected chi connectivity index (χ3v) is 4.67. The first-order chi connectivity index (χ1) is 13.4. The lowest BCUT2D eigenvalue weighted by Gasteiger charge is -2.18. The van der Waals surface area contributed by atoms with E-state index >= 15 is 0 Å². The Morgan fingerprint density at radius 3 is 2.39 bits per heavy atom. The van der Waals surface area contributed by atoms with Gasteiger partial charge in [-0.25, -0.2) is 4.39 Å². The fraction of sp³-hybridized carbons (Fsp3) is 0.286. The van der Waals surface area contributed by atoms with E-state index in [0.29, 0.717) is 25.1 Å². The normalized spacial score (nSPS) is 13.5. The molecule has 3 rings (SSSR count). The van der Waals surface area contributed by atoms with Crippen molar-refractivity contribution >= 4 is 23.4 Å². The minimum Gasteiger partial charge on any atom is -0.343 e. The second-order valence-electron chi connectivity index (χ2n) is 6.75. The highest BCUT2D eigenvalue weighted by atomic mass is 19.1. The molecule has 1 aliphatic heterocycles. The number of hydrogen-bond donors (Lipinski definition) is 1. The third kappa shape index (κ3) is 4.73. The summed E-state index contributed by atoms with van der Waals surface area (Å²) >= 11 is 0. The van der Waals surface area contributed by atoms with Crippen LogP contribution in [0.15, 0.2) is 48.5 Å². The molecule has 1 fully saturated rings. The summed E-state index contributed by atoms with van der Waals surface area (Å²) < 4.78 is 12.9. The van der Waals surface area contributed by atoms with E-state index in [1.54, 1.807) is 48.3 Å². The molecule has 0 atom stereocenters. The van der Waals surface area contributed by atoms with Gasteiger partial charge in [-0.3, -0.25) is 14.4 Å². The summed E-state index contributed by atoms with van der Waals surface area (Å²) in [6, 6.07) is 12.7. The van der Waals surface area contributed by atoms with Crippen LogP contribution in [0.4, 0.5) is 10.1 Å². The second-order valence-corrected chi connectivity index (χ2v) is 6.75. The van der Waals surface area contributed by atoms with Crippen molar-refractivity contribution in [3.63, 3.8) is 0 Å². The number of nitrogens with zero attached hydrogens (tertiary/aromatic N) is 2. The molecule has 1 heterocycles. The van der Waals surface area contributed by atoms with Crippen LogP contribution >= 0.6 is 0 Å². The monoisotopic (exact) mass is 383 g/mol. The molecule has 0 unspecified atom stereocenters. The van der Waals surface area contributed by atoms with Gasteiger partial charge in [-0.1, -0.05) is 12.1 Å². The molecule has 28 heavy (non-hydrogen) atoms. The van der Waals surface area contributed by atoms with E-state index in [1.165, 1.54) is 17.0 Å². The van der Waals surface area contributed by atoms with Crippen LogP contribution in [0.5, 0.6) is 0 Å². The smallest absolute Gasteiger partial charge is 0.251 e. The average Bonchev–Trinajstić information content (AvgIpc) is 3.13. The molecule has 0 aromatic heterocycles. The fourth-order valence-electron chi connectivity index (χ4n) is 3.06. The summed E-state index contributed by atoms with van der Waals surface area (Å²) in [4.78, 5) is 39.4. The van der Waals surface area contributed by atoms with Crippen LogP contribution in [0.2, 0.25) is 0 Å². The highest BCUT2D eigenvalue weighted by Gasteiger charge is 2.21. The number of halogens is 1. The van der Waals surface area contributed by atoms with Crippen LogP contribution in [0.3, 0.4) is 0 Å². The topological polar surface area (TPSA) is 69.7 Å². The number of rotatable bonds is 6. The molecule has 146 valence electrons. The van der Waals surface area contributed by atoms with E-state index in [1.807, 2.05) is 0 Å². The van der Waals surface area contributed by atoms with E-state index in [-0.39, 0.29) is 30.1 Å². The van der Waals surface area contributed by atoms with Crippen molar-refractivity contribution in [1.29, 1.82) is 0 Å². The highest BCUT2D eigenvalue weighted by molar-refractivity contribution is 5.98. The Balaban J connectivity index is 1.50. The zero-order valence-electron chi connectivity index (χ0n) is 15.7. The van der Waals surface area contributed by atoms with Gasteiger partial charge in [0.1, 0.15) is 5.82 Å². The lowest BCUT2D eigenvalue weighted by molar-refractivity contribution is -0.129. The van der Waals surface area contributed by atoms with Crippen LogP contribution in [0, 0.1) is 5.82 Å². The standard InChI is InChI=1S/C21H22FN3O3/c1-24(14-15-4-8-17(22)9-5-15)20(27)13-23-21(28)16-6-10-18(11-7-16)25-12-2-3-19(25)26/h4-11H,2-3,12-14H2,1H3,(H,23,28). The molecule has 2 aromatic carbocycles. The van der Waals surface area contributed by atoms with Crippen molar-refractivity contribution in [3.8, 4) is 0 Å². The highest BCUT2D eigenvalue weighted by Crippen LogP contribution is 2.21. The Kier molecular flexibility index (Phi) is 6.03. The Morgan fingerprint density at radius 1 is 1.11 bits per heavy atom. The first-order valence-electron chi connectivity index (χ1n) is 9.11.